The molecule has 0 bridgehead atoms. The molecule has 1 radical (unpaired) electrons. The lowest BCUT2D eigenvalue weighted by Gasteiger charge is -2.32. The lowest BCUT2D eigenvalue weighted by Crippen LogP contribution is -2.20. The van der Waals surface area contributed by atoms with E-state index < -0.39 is 0 Å². The van der Waals surface area contributed by atoms with Crippen LogP contribution in [0.2, 0.25) is 0 Å². The molecule has 2 fully saturated rings. The van der Waals surface area contributed by atoms with Crippen LogP contribution in [0.1, 0.15) is 57.8 Å². The van der Waals surface area contributed by atoms with Crippen LogP contribution in [-0.4, -0.2) is 0 Å². The van der Waals surface area contributed by atoms with Gasteiger partial charge in [-0.2, -0.15) is 0 Å². The Kier molecular flexibility index (Phi) is 3.08. The third kappa shape index (κ3) is 2.02. The maximum atomic E-state index is 2.49. The van der Waals surface area contributed by atoms with Gasteiger partial charge in [-0.3, -0.25) is 0 Å². The number of hydrogen-bond donors (Lipinski definition) is 0. The minimum absolute atomic E-state index is 1.11. The van der Waals surface area contributed by atoms with Crippen molar-refractivity contribution in [3.63, 3.8) is 0 Å². The topological polar surface area (TPSA) is 0 Å². The van der Waals surface area contributed by atoms with Crippen LogP contribution >= 0.6 is 0 Å². The first-order valence-electron chi connectivity index (χ1n) is 5.78. The molecular weight excluding hydrogens is 144 g/mol. The van der Waals surface area contributed by atoms with Gasteiger partial charge in [0.2, 0.25) is 0 Å². The fraction of sp³-hybridized carbons (Fsp3) is 0.917. The van der Waals surface area contributed by atoms with Gasteiger partial charge >= 0.3 is 0 Å². The lowest BCUT2D eigenvalue weighted by molar-refractivity contribution is 0.210. The normalized spacial score (nSPS) is 29.0. The van der Waals surface area contributed by atoms with Crippen LogP contribution in [0.4, 0.5) is 0 Å². The highest BCUT2D eigenvalue weighted by molar-refractivity contribution is 4.82. The summed E-state index contributed by atoms with van der Waals surface area (Å²) >= 11 is 0. The molecule has 0 aromatic carbocycles. The summed E-state index contributed by atoms with van der Waals surface area (Å²) in [7, 11) is 0. The summed E-state index contributed by atoms with van der Waals surface area (Å²) in [5.41, 5.74) is 0. The van der Waals surface area contributed by atoms with Gasteiger partial charge in [-0.25, -0.2) is 0 Å². The summed E-state index contributed by atoms with van der Waals surface area (Å²) in [6, 6.07) is 0. The maximum absolute atomic E-state index is 2.49. The van der Waals surface area contributed by atoms with Crippen molar-refractivity contribution in [1.82, 2.24) is 0 Å². The zero-order valence-corrected chi connectivity index (χ0v) is 8.10. The minimum atomic E-state index is 1.11. The van der Waals surface area contributed by atoms with Crippen molar-refractivity contribution < 1.29 is 0 Å². The van der Waals surface area contributed by atoms with Crippen molar-refractivity contribution in [2.24, 2.45) is 11.8 Å². The van der Waals surface area contributed by atoms with Gasteiger partial charge in [0, 0.05) is 0 Å². The molecule has 0 spiro atoms. The Balaban J connectivity index is 1.80. The van der Waals surface area contributed by atoms with Gasteiger partial charge in [0.15, 0.2) is 0 Å². The molecular formula is C12H21. The molecule has 2 saturated carbocycles. The van der Waals surface area contributed by atoms with Gasteiger partial charge in [-0.05, 0) is 43.9 Å². The van der Waals surface area contributed by atoms with Crippen molar-refractivity contribution in [3.05, 3.63) is 6.42 Å². The predicted octanol–water partition coefficient (Wildman–Crippen LogP) is 3.96. The lowest BCUT2D eigenvalue weighted by atomic mass is 9.73. The van der Waals surface area contributed by atoms with E-state index in [0.29, 0.717) is 0 Å². The van der Waals surface area contributed by atoms with Crippen LogP contribution in [0.3, 0.4) is 0 Å². The van der Waals surface area contributed by atoms with E-state index in [1.54, 1.807) is 12.8 Å². The standard InChI is InChI=1S/C12H21/c1-3-7-11(8-4-1)12-9-5-2-6-10-12/h1,11-12H,2-10H2. The Hall–Kier alpha value is 0. The first kappa shape index (κ1) is 8.59. The average molecular weight is 165 g/mol. The summed E-state index contributed by atoms with van der Waals surface area (Å²) in [6.07, 6.45) is 15.9. The van der Waals surface area contributed by atoms with E-state index in [9.17, 15) is 0 Å². The molecule has 69 valence electrons. The van der Waals surface area contributed by atoms with Crippen LogP contribution in [0, 0.1) is 18.3 Å². The Morgan fingerprint density at radius 1 is 0.667 bits per heavy atom. The van der Waals surface area contributed by atoms with E-state index in [4.69, 9.17) is 0 Å². The summed E-state index contributed by atoms with van der Waals surface area (Å²) in [6.45, 7) is 0. The first-order chi connectivity index (χ1) is 5.97. The number of rotatable bonds is 1. The molecule has 0 aromatic heterocycles. The largest absolute Gasteiger partial charge is 0.0533 e. The van der Waals surface area contributed by atoms with Crippen molar-refractivity contribution >= 4 is 0 Å². The Labute approximate surface area is 76.7 Å². The third-order valence-electron chi connectivity index (χ3n) is 3.80. The summed E-state index contributed by atoms with van der Waals surface area (Å²) < 4.78 is 0. The highest BCUT2D eigenvalue weighted by Crippen LogP contribution is 2.37. The monoisotopic (exact) mass is 165 g/mol. The second kappa shape index (κ2) is 4.30. The average Bonchev–Trinajstić information content (AvgIpc) is 2.21. The fourth-order valence-corrected chi connectivity index (χ4v) is 3.03. The van der Waals surface area contributed by atoms with Crippen molar-refractivity contribution in [2.45, 2.75) is 57.8 Å². The van der Waals surface area contributed by atoms with Gasteiger partial charge in [0.05, 0.1) is 0 Å². The van der Waals surface area contributed by atoms with E-state index in [1.807, 2.05) is 0 Å². The van der Waals surface area contributed by atoms with Gasteiger partial charge in [-0.1, -0.05) is 32.1 Å². The Morgan fingerprint density at radius 2 is 1.25 bits per heavy atom. The van der Waals surface area contributed by atoms with E-state index in [-0.39, 0.29) is 0 Å². The molecule has 2 aliphatic carbocycles. The molecule has 0 heteroatoms. The van der Waals surface area contributed by atoms with Crippen LogP contribution in [-0.2, 0) is 0 Å². The maximum Gasteiger partial charge on any atom is -0.0386 e. The van der Waals surface area contributed by atoms with E-state index in [0.717, 1.165) is 11.8 Å². The van der Waals surface area contributed by atoms with Crippen LogP contribution < -0.4 is 0 Å². The van der Waals surface area contributed by atoms with Gasteiger partial charge < -0.3 is 0 Å². The summed E-state index contributed by atoms with van der Waals surface area (Å²) in [5.74, 6) is 2.22. The molecule has 0 heterocycles. The van der Waals surface area contributed by atoms with E-state index in [2.05, 4.69) is 6.42 Å². The molecule has 12 heavy (non-hydrogen) atoms. The third-order valence-corrected chi connectivity index (χ3v) is 3.80. The molecule has 0 saturated heterocycles. The van der Waals surface area contributed by atoms with Crippen LogP contribution in [0.25, 0.3) is 0 Å². The summed E-state index contributed by atoms with van der Waals surface area (Å²) in [5, 5.41) is 0. The van der Waals surface area contributed by atoms with Crippen LogP contribution in [0.15, 0.2) is 0 Å². The van der Waals surface area contributed by atoms with Crippen molar-refractivity contribution in [2.75, 3.05) is 0 Å². The van der Waals surface area contributed by atoms with Gasteiger partial charge in [-0.15, -0.1) is 0 Å². The molecule has 0 aromatic rings. The highest BCUT2D eigenvalue weighted by atomic mass is 14.3. The Morgan fingerprint density at radius 3 is 1.92 bits per heavy atom. The minimum Gasteiger partial charge on any atom is -0.0533 e. The predicted molar refractivity (Wildman–Crippen MR) is 52.8 cm³/mol. The van der Waals surface area contributed by atoms with Crippen molar-refractivity contribution in [3.8, 4) is 0 Å². The quantitative estimate of drug-likeness (QED) is 0.551. The number of hydrogen-bond acceptors (Lipinski definition) is 0. The summed E-state index contributed by atoms with van der Waals surface area (Å²) in [4.78, 5) is 0. The Bertz CT molecular complexity index is 100. The molecule has 0 unspecified atom stereocenters. The second-order valence-corrected chi connectivity index (χ2v) is 4.60. The highest BCUT2D eigenvalue weighted by Gasteiger charge is 2.24. The first-order valence-corrected chi connectivity index (χ1v) is 5.78. The molecule has 0 amide bonds. The second-order valence-electron chi connectivity index (χ2n) is 4.60. The molecule has 0 aliphatic heterocycles. The van der Waals surface area contributed by atoms with Gasteiger partial charge in [0.25, 0.3) is 0 Å². The molecule has 2 aliphatic rings. The fourth-order valence-electron chi connectivity index (χ4n) is 3.03. The van der Waals surface area contributed by atoms with Crippen molar-refractivity contribution in [1.29, 1.82) is 0 Å². The van der Waals surface area contributed by atoms with Crippen LogP contribution in [0.5, 0.6) is 0 Å². The van der Waals surface area contributed by atoms with Gasteiger partial charge in [0.1, 0.15) is 0 Å². The van der Waals surface area contributed by atoms with E-state index in [1.165, 1.54) is 44.9 Å². The van der Waals surface area contributed by atoms with E-state index >= 15 is 0 Å². The molecule has 2 rings (SSSR count). The zero-order valence-electron chi connectivity index (χ0n) is 8.10. The molecule has 0 atom stereocenters. The zero-order chi connectivity index (χ0) is 8.23. The smallest absolute Gasteiger partial charge is 0.0386 e. The molecule has 0 nitrogen and oxygen atoms in total. The SMILES string of the molecule is [CH]1CCC(C2CCCCC2)CC1. The molecule has 0 N–H and O–H groups in total.